The maximum atomic E-state index is 12.3. The van der Waals surface area contributed by atoms with Crippen LogP contribution in [0.4, 0.5) is 0 Å². The number of methoxy groups -OCH3 is 2. The summed E-state index contributed by atoms with van der Waals surface area (Å²) in [6.45, 7) is 3.38. The smallest absolute Gasteiger partial charge is 0.275 e. The highest BCUT2D eigenvalue weighted by molar-refractivity contribution is 5.76. The molecule has 29 heavy (non-hydrogen) atoms. The largest absolute Gasteiger partial charge is 0.493 e. The highest BCUT2D eigenvalue weighted by Crippen LogP contribution is 2.27. The van der Waals surface area contributed by atoms with Crippen LogP contribution in [0.3, 0.4) is 0 Å². The number of likely N-dealkylation sites (tertiary alicyclic amines) is 1. The van der Waals surface area contributed by atoms with E-state index in [1.807, 2.05) is 18.2 Å². The third kappa shape index (κ3) is 6.50. The molecule has 1 aliphatic heterocycles. The van der Waals surface area contributed by atoms with Gasteiger partial charge in [-0.2, -0.15) is 0 Å². The van der Waals surface area contributed by atoms with E-state index >= 15 is 0 Å². The van der Waals surface area contributed by atoms with Crippen molar-refractivity contribution in [1.82, 2.24) is 5.32 Å². The number of hydrogen-bond acceptors (Lipinski definition) is 3. The van der Waals surface area contributed by atoms with Gasteiger partial charge >= 0.3 is 0 Å². The zero-order valence-corrected chi connectivity index (χ0v) is 17.6. The number of quaternary nitrogens is 1. The molecule has 1 amide bonds. The predicted molar refractivity (Wildman–Crippen MR) is 115 cm³/mol. The lowest BCUT2D eigenvalue weighted by Gasteiger charge is -2.29. The monoisotopic (exact) mass is 397 g/mol. The molecular formula is C24H33N2O3+. The molecule has 0 radical (unpaired) electrons. The zero-order valence-electron chi connectivity index (χ0n) is 17.6. The van der Waals surface area contributed by atoms with E-state index in [9.17, 15) is 4.79 Å². The van der Waals surface area contributed by atoms with Crippen LogP contribution in [0.25, 0.3) is 0 Å². The maximum absolute atomic E-state index is 12.3. The molecule has 1 saturated heterocycles. The van der Waals surface area contributed by atoms with Crippen molar-refractivity contribution in [2.24, 2.45) is 5.92 Å². The van der Waals surface area contributed by atoms with Gasteiger partial charge in [0, 0.05) is 6.54 Å². The molecule has 1 aliphatic rings. The van der Waals surface area contributed by atoms with Gasteiger partial charge in [0.1, 0.15) is 0 Å². The van der Waals surface area contributed by atoms with Gasteiger partial charge in [-0.05, 0) is 54.9 Å². The molecule has 5 nitrogen and oxygen atoms in total. The molecule has 2 aromatic carbocycles. The minimum atomic E-state index is 0.141. The Kier molecular flexibility index (Phi) is 7.94. The summed E-state index contributed by atoms with van der Waals surface area (Å²) in [5, 5.41) is 3.06. The number of benzene rings is 2. The van der Waals surface area contributed by atoms with E-state index in [-0.39, 0.29) is 5.91 Å². The van der Waals surface area contributed by atoms with Gasteiger partial charge in [-0.25, -0.2) is 0 Å². The summed E-state index contributed by atoms with van der Waals surface area (Å²) in [7, 11) is 3.26. The van der Waals surface area contributed by atoms with Crippen LogP contribution < -0.4 is 19.7 Å². The van der Waals surface area contributed by atoms with Gasteiger partial charge < -0.3 is 19.7 Å². The first-order valence-electron chi connectivity index (χ1n) is 10.5. The Hall–Kier alpha value is -2.53. The Bertz CT molecular complexity index is 771. The average molecular weight is 398 g/mol. The van der Waals surface area contributed by atoms with E-state index in [1.165, 1.54) is 23.3 Å². The SMILES string of the molecule is COc1ccc(CCNC(=O)C[NH+]2CCC(Cc3ccccc3)CC2)cc1OC. The summed E-state index contributed by atoms with van der Waals surface area (Å²) in [6.07, 6.45) is 4.33. The Labute approximate surface area is 174 Å². The van der Waals surface area contributed by atoms with Crippen LogP contribution in [0.1, 0.15) is 24.0 Å². The summed E-state index contributed by atoms with van der Waals surface area (Å²) in [6, 6.07) is 16.6. The van der Waals surface area contributed by atoms with E-state index in [1.54, 1.807) is 14.2 Å². The number of rotatable bonds is 9. The molecule has 3 rings (SSSR count). The van der Waals surface area contributed by atoms with Crippen LogP contribution in [0.15, 0.2) is 48.5 Å². The van der Waals surface area contributed by atoms with Crippen LogP contribution in [-0.4, -0.2) is 46.3 Å². The summed E-state index contributed by atoms with van der Waals surface area (Å²) < 4.78 is 10.6. The molecule has 0 spiro atoms. The topological polar surface area (TPSA) is 52.0 Å². The molecule has 156 valence electrons. The van der Waals surface area contributed by atoms with Gasteiger partial charge in [0.2, 0.25) is 0 Å². The van der Waals surface area contributed by atoms with E-state index in [4.69, 9.17) is 9.47 Å². The Morgan fingerprint density at radius 2 is 1.72 bits per heavy atom. The summed E-state index contributed by atoms with van der Waals surface area (Å²) in [5.41, 5.74) is 2.55. The normalized spacial score (nSPS) is 18.8. The Morgan fingerprint density at radius 3 is 2.41 bits per heavy atom. The van der Waals surface area contributed by atoms with Crippen molar-refractivity contribution in [3.63, 3.8) is 0 Å². The van der Waals surface area contributed by atoms with Crippen LogP contribution in [0.2, 0.25) is 0 Å². The highest BCUT2D eigenvalue weighted by Gasteiger charge is 2.23. The number of hydrogen-bond donors (Lipinski definition) is 2. The van der Waals surface area contributed by atoms with Crippen molar-refractivity contribution < 1.29 is 19.2 Å². The quantitative estimate of drug-likeness (QED) is 0.680. The van der Waals surface area contributed by atoms with Gasteiger partial charge in [0.15, 0.2) is 18.0 Å². The van der Waals surface area contributed by atoms with E-state index in [0.29, 0.717) is 13.1 Å². The van der Waals surface area contributed by atoms with Gasteiger partial charge in [-0.15, -0.1) is 0 Å². The first-order valence-corrected chi connectivity index (χ1v) is 10.5. The molecule has 2 aromatic rings. The molecule has 0 aliphatic carbocycles. The number of ether oxygens (including phenoxy) is 2. The van der Waals surface area contributed by atoms with Gasteiger partial charge in [-0.3, -0.25) is 4.79 Å². The van der Waals surface area contributed by atoms with Crippen molar-refractivity contribution in [1.29, 1.82) is 0 Å². The fourth-order valence-corrected chi connectivity index (χ4v) is 4.09. The lowest BCUT2D eigenvalue weighted by molar-refractivity contribution is -0.898. The van der Waals surface area contributed by atoms with Crippen molar-refractivity contribution in [3.05, 3.63) is 59.7 Å². The van der Waals surface area contributed by atoms with Crippen molar-refractivity contribution in [3.8, 4) is 11.5 Å². The molecule has 2 N–H and O–H groups in total. The molecule has 0 unspecified atom stereocenters. The molecular weight excluding hydrogens is 364 g/mol. The second-order valence-corrected chi connectivity index (χ2v) is 7.85. The lowest BCUT2D eigenvalue weighted by atomic mass is 9.90. The molecule has 0 saturated carbocycles. The van der Waals surface area contributed by atoms with Crippen LogP contribution in [-0.2, 0) is 17.6 Å². The number of nitrogens with one attached hydrogen (secondary N) is 2. The van der Waals surface area contributed by atoms with Crippen LogP contribution in [0.5, 0.6) is 11.5 Å². The second-order valence-electron chi connectivity index (χ2n) is 7.85. The van der Waals surface area contributed by atoms with Gasteiger partial charge in [0.05, 0.1) is 27.3 Å². The fraction of sp³-hybridized carbons (Fsp3) is 0.458. The van der Waals surface area contributed by atoms with Gasteiger partial charge in [0.25, 0.3) is 5.91 Å². The van der Waals surface area contributed by atoms with E-state index in [0.717, 1.165) is 48.9 Å². The van der Waals surface area contributed by atoms with Crippen molar-refractivity contribution in [2.75, 3.05) is 40.4 Å². The fourth-order valence-electron chi connectivity index (χ4n) is 4.09. The molecule has 5 heteroatoms. The number of amides is 1. The Morgan fingerprint density at radius 1 is 1.00 bits per heavy atom. The number of carbonyl (C=O) groups excluding carboxylic acids is 1. The molecule has 0 bridgehead atoms. The highest BCUT2D eigenvalue weighted by atomic mass is 16.5. The lowest BCUT2D eigenvalue weighted by Crippen LogP contribution is -3.14. The van der Waals surface area contributed by atoms with Crippen molar-refractivity contribution >= 4 is 5.91 Å². The first kappa shape index (κ1) is 21.2. The molecule has 0 atom stereocenters. The molecule has 1 heterocycles. The minimum Gasteiger partial charge on any atom is -0.493 e. The summed E-state index contributed by atoms with van der Waals surface area (Å²) in [5.74, 6) is 2.33. The van der Waals surface area contributed by atoms with E-state index < -0.39 is 0 Å². The first-order chi connectivity index (χ1) is 14.2. The maximum Gasteiger partial charge on any atom is 0.275 e. The summed E-state index contributed by atoms with van der Waals surface area (Å²) in [4.78, 5) is 13.7. The second kappa shape index (κ2) is 10.9. The predicted octanol–water partition coefficient (Wildman–Crippen LogP) is 1.90. The van der Waals surface area contributed by atoms with Crippen molar-refractivity contribution in [2.45, 2.75) is 25.7 Å². The van der Waals surface area contributed by atoms with Gasteiger partial charge in [-0.1, -0.05) is 36.4 Å². The number of piperidine rings is 1. The van der Waals surface area contributed by atoms with E-state index in [2.05, 4.69) is 35.6 Å². The zero-order chi connectivity index (χ0) is 20.5. The standard InChI is InChI=1S/C24H32N2O3/c1-28-22-9-8-20(17-23(22)29-2)10-13-25-24(27)18-26-14-11-21(12-15-26)16-19-6-4-3-5-7-19/h3-9,17,21H,10-16,18H2,1-2H3,(H,25,27)/p+1. The van der Waals surface area contributed by atoms with Crippen LogP contribution >= 0.6 is 0 Å². The van der Waals surface area contributed by atoms with Crippen LogP contribution in [0, 0.1) is 5.92 Å². The molecule has 1 fully saturated rings. The third-order valence-corrected chi connectivity index (χ3v) is 5.77. The summed E-state index contributed by atoms with van der Waals surface area (Å²) >= 11 is 0. The average Bonchev–Trinajstić information content (AvgIpc) is 2.75. The third-order valence-electron chi connectivity index (χ3n) is 5.77. The Balaban J connectivity index is 1.35. The molecule has 0 aromatic heterocycles. The number of carbonyl (C=O) groups is 1. The minimum absolute atomic E-state index is 0.141.